The minimum Gasteiger partial charge on any atom is -0.486 e. The molecule has 0 unspecified atom stereocenters. The summed E-state index contributed by atoms with van der Waals surface area (Å²) in [7, 11) is 0. The van der Waals surface area contributed by atoms with Crippen molar-refractivity contribution in [3.8, 4) is 5.75 Å². The van der Waals surface area contributed by atoms with Crippen molar-refractivity contribution in [3.63, 3.8) is 0 Å². The Morgan fingerprint density at radius 2 is 2.04 bits per heavy atom. The number of nitrogens with zero attached hydrogens (tertiary/aromatic N) is 2. The molecule has 1 saturated carbocycles. The number of likely N-dealkylation sites (tertiary alicyclic amines) is 1. The average molecular weight is 328 g/mol. The Morgan fingerprint density at radius 3 is 2.78 bits per heavy atom. The van der Waals surface area contributed by atoms with Crippen LogP contribution in [0.15, 0.2) is 35.2 Å². The molecule has 4 rings (SSSR count). The summed E-state index contributed by atoms with van der Waals surface area (Å²) in [5.74, 6) is 2.18. The molecule has 0 radical (unpaired) electrons. The number of thiazole rings is 1. The van der Waals surface area contributed by atoms with Crippen LogP contribution in [0.3, 0.4) is 0 Å². The normalized spacial score (nSPS) is 23.0. The molecule has 1 aromatic heterocycles. The number of para-hydroxylation sites is 1. The van der Waals surface area contributed by atoms with Gasteiger partial charge in [-0.2, -0.15) is 0 Å². The molecule has 1 saturated heterocycles. The highest BCUT2D eigenvalue weighted by molar-refractivity contribution is 7.07. The third-order valence-electron chi connectivity index (χ3n) is 4.99. The molecule has 2 fully saturated rings. The number of carbonyl (C=O) groups excluding carboxylic acids is 1. The second-order valence-corrected chi connectivity index (χ2v) is 7.14. The van der Waals surface area contributed by atoms with Crippen molar-refractivity contribution in [2.24, 2.45) is 11.8 Å². The Bertz CT molecular complexity index is 674. The van der Waals surface area contributed by atoms with Gasteiger partial charge in [-0.3, -0.25) is 4.79 Å². The van der Waals surface area contributed by atoms with Crippen LogP contribution in [0.2, 0.25) is 0 Å². The maximum Gasteiger partial charge on any atom is 0.257 e. The molecule has 1 aliphatic carbocycles. The monoisotopic (exact) mass is 328 g/mol. The Kier molecular flexibility index (Phi) is 4.04. The van der Waals surface area contributed by atoms with Gasteiger partial charge in [0.1, 0.15) is 12.4 Å². The second kappa shape index (κ2) is 6.32. The van der Waals surface area contributed by atoms with Gasteiger partial charge < -0.3 is 9.64 Å². The number of amides is 1. The third kappa shape index (κ3) is 2.98. The number of ether oxygens (including phenoxy) is 1. The summed E-state index contributed by atoms with van der Waals surface area (Å²) in [6.45, 7) is 2.22. The summed E-state index contributed by atoms with van der Waals surface area (Å²) in [6.07, 6.45) is 3.87. The average Bonchev–Trinajstić information content (AvgIpc) is 3.29. The van der Waals surface area contributed by atoms with E-state index in [9.17, 15) is 4.79 Å². The van der Waals surface area contributed by atoms with Crippen LogP contribution in [-0.2, 0) is 6.61 Å². The number of aromatic nitrogens is 1. The number of rotatable bonds is 4. The first-order valence-corrected chi connectivity index (χ1v) is 9.13. The van der Waals surface area contributed by atoms with Crippen molar-refractivity contribution < 1.29 is 9.53 Å². The van der Waals surface area contributed by atoms with E-state index in [4.69, 9.17) is 4.74 Å². The molecule has 1 amide bonds. The van der Waals surface area contributed by atoms with Crippen molar-refractivity contribution in [1.29, 1.82) is 0 Å². The molecule has 23 heavy (non-hydrogen) atoms. The van der Waals surface area contributed by atoms with Crippen molar-refractivity contribution in [1.82, 2.24) is 9.88 Å². The van der Waals surface area contributed by atoms with E-state index in [2.05, 4.69) is 4.98 Å². The highest BCUT2D eigenvalue weighted by Crippen LogP contribution is 2.38. The topological polar surface area (TPSA) is 42.4 Å². The molecule has 120 valence electrons. The standard InChI is InChI=1S/C18H20N2O2S/c21-18(20-8-13-4-3-5-14(13)9-20)16-6-1-2-7-17(16)22-10-15-11-23-12-19-15/h1-2,6-7,11-14H,3-5,8-10H2/t13-,14-/m0/s1. The van der Waals surface area contributed by atoms with E-state index in [1.165, 1.54) is 19.3 Å². The van der Waals surface area contributed by atoms with Crippen LogP contribution in [0.1, 0.15) is 35.3 Å². The van der Waals surface area contributed by atoms with Crippen molar-refractivity contribution in [2.75, 3.05) is 13.1 Å². The molecule has 0 bridgehead atoms. The molecule has 2 heterocycles. The molecule has 0 N–H and O–H groups in total. The minimum atomic E-state index is 0.105. The molecule has 2 atom stereocenters. The second-order valence-electron chi connectivity index (χ2n) is 6.43. The molecule has 2 aromatic rings. The highest BCUT2D eigenvalue weighted by atomic mass is 32.1. The molecule has 1 aliphatic heterocycles. The summed E-state index contributed by atoms with van der Waals surface area (Å²) in [5, 5.41) is 1.96. The van der Waals surface area contributed by atoms with Crippen molar-refractivity contribution in [3.05, 3.63) is 46.4 Å². The first-order chi connectivity index (χ1) is 11.3. The van der Waals surface area contributed by atoms with Crippen LogP contribution in [0.5, 0.6) is 5.75 Å². The molecule has 0 spiro atoms. The van der Waals surface area contributed by atoms with Crippen molar-refractivity contribution >= 4 is 17.2 Å². The van der Waals surface area contributed by atoms with Crippen LogP contribution in [0, 0.1) is 11.8 Å². The fraction of sp³-hybridized carbons (Fsp3) is 0.444. The predicted molar refractivity (Wildman–Crippen MR) is 89.6 cm³/mol. The summed E-state index contributed by atoms with van der Waals surface area (Å²) in [4.78, 5) is 19.1. The van der Waals surface area contributed by atoms with E-state index in [0.29, 0.717) is 29.8 Å². The van der Waals surface area contributed by atoms with Gasteiger partial charge in [0.15, 0.2) is 0 Å². The van der Waals surface area contributed by atoms with Crippen LogP contribution in [0.4, 0.5) is 0 Å². The fourth-order valence-electron chi connectivity index (χ4n) is 3.80. The molecule has 1 aromatic carbocycles. The van der Waals surface area contributed by atoms with Crippen LogP contribution >= 0.6 is 11.3 Å². The summed E-state index contributed by atoms with van der Waals surface area (Å²) < 4.78 is 5.85. The van der Waals surface area contributed by atoms with Gasteiger partial charge in [0, 0.05) is 18.5 Å². The molecular weight excluding hydrogens is 308 g/mol. The van der Waals surface area contributed by atoms with Gasteiger partial charge in [-0.1, -0.05) is 18.6 Å². The number of fused-ring (bicyclic) bond motifs is 1. The molecule has 5 heteroatoms. The quantitative estimate of drug-likeness (QED) is 0.861. The zero-order valence-electron chi connectivity index (χ0n) is 13.0. The van der Waals surface area contributed by atoms with Crippen LogP contribution in [-0.4, -0.2) is 28.9 Å². The number of carbonyl (C=O) groups is 1. The van der Waals surface area contributed by atoms with E-state index in [1.54, 1.807) is 16.8 Å². The number of hydrogen-bond acceptors (Lipinski definition) is 4. The summed E-state index contributed by atoms with van der Waals surface area (Å²) >= 11 is 1.55. The van der Waals surface area contributed by atoms with Gasteiger partial charge in [0.25, 0.3) is 5.91 Å². The zero-order valence-corrected chi connectivity index (χ0v) is 13.8. The van der Waals surface area contributed by atoms with Gasteiger partial charge in [0.2, 0.25) is 0 Å². The molecular formula is C18H20N2O2S. The lowest BCUT2D eigenvalue weighted by Crippen LogP contribution is -2.29. The maximum atomic E-state index is 12.9. The van der Waals surface area contributed by atoms with E-state index in [1.807, 2.05) is 34.5 Å². The zero-order chi connectivity index (χ0) is 15.6. The number of hydrogen-bond donors (Lipinski definition) is 0. The fourth-order valence-corrected chi connectivity index (χ4v) is 4.34. The van der Waals surface area contributed by atoms with Gasteiger partial charge in [-0.25, -0.2) is 4.98 Å². The van der Waals surface area contributed by atoms with E-state index < -0.39 is 0 Å². The largest absolute Gasteiger partial charge is 0.486 e. The van der Waals surface area contributed by atoms with Crippen LogP contribution in [0.25, 0.3) is 0 Å². The van der Waals surface area contributed by atoms with Gasteiger partial charge in [-0.05, 0) is 36.8 Å². The van der Waals surface area contributed by atoms with Gasteiger partial charge in [0.05, 0.1) is 16.8 Å². The van der Waals surface area contributed by atoms with Crippen LogP contribution < -0.4 is 4.74 Å². The lowest BCUT2D eigenvalue weighted by atomic mass is 10.0. The Labute approximate surface area is 140 Å². The Morgan fingerprint density at radius 1 is 1.26 bits per heavy atom. The Balaban J connectivity index is 1.48. The lowest BCUT2D eigenvalue weighted by molar-refractivity contribution is 0.0775. The molecule has 4 nitrogen and oxygen atoms in total. The highest BCUT2D eigenvalue weighted by Gasteiger charge is 2.38. The SMILES string of the molecule is O=C(c1ccccc1OCc1cscn1)N1C[C@@H]2CCC[C@H]2C1. The summed E-state index contributed by atoms with van der Waals surface area (Å²) in [5.41, 5.74) is 3.36. The first-order valence-electron chi connectivity index (χ1n) is 8.19. The van der Waals surface area contributed by atoms with Crippen molar-refractivity contribution in [2.45, 2.75) is 25.9 Å². The minimum absolute atomic E-state index is 0.105. The van der Waals surface area contributed by atoms with Gasteiger partial charge in [-0.15, -0.1) is 11.3 Å². The van der Waals surface area contributed by atoms with Gasteiger partial charge >= 0.3 is 0 Å². The third-order valence-corrected chi connectivity index (χ3v) is 5.63. The number of benzene rings is 1. The predicted octanol–water partition coefficient (Wildman–Crippen LogP) is 3.59. The molecule has 2 aliphatic rings. The first kappa shape index (κ1) is 14.7. The smallest absolute Gasteiger partial charge is 0.257 e. The summed E-state index contributed by atoms with van der Waals surface area (Å²) in [6, 6.07) is 7.55. The Hall–Kier alpha value is -1.88. The maximum absolute atomic E-state index is 12.9. The van der Waals surface area contributed by atoms with E-state index in [0.717, 1.165) is 18.8 Å². The van der Waals surface area contributed by atoms with E-state index >= 15 is 0 Å². The van der Waals surface area contributed by atoms with E-state index in [-0.39, 0.29) is 5.91 Å². The lowest BCUT2D eigenvalue weighted by Gasteiger charge is -2.19.